The molecule has 1 heterocycles. The zero-order valence-electron chi connectivity index (χ0n) is 16.4. The molecular weight excluding hydrogens is 388 g/mol. The number of fused-ring (bicyclic) bond motifs is 1. The molecule has 154 valence electrons. The molecule has 1 aliphatic heterocycles. The largest absolute Gasteiger partial charge is 0.367 e. The van der Waals surface area contributed by atoms with Crippen molar-refractivity contribution in [1.82, 2.24) is 9.21 Å². The summed E-state index contributed by atoms with van der Waals surface area (Å²) in [7, 11) is -3.52. The predicted molar refractivity (Wildman–Crippen MR) is 110 cm³/mol. The minimum absolute atomic E-state index is 0.00642. The Morgan fingerprint density at radius 2 is 1.66 bits per heavy atom. The van der Waals surface area contributed by atoms with Gasteiger partial charge in [0.25, 0.3) is 0 Å². The fraction of sp³-hybridized carbons (Fsp3) is 0.409. The number of carbonyl (C=O) groups is 1. The van der Waals surface area contributed by atoms with E-state index in [9.17, 15) is 13.2 Å². The van der Waals surface area contributed by atoms with E-state index < -0.39 is 10.0 Å². The molecule has 2 aromatic carbocycles. The molecule has 4 rings (SSSR count). The monoisotopic (exact) mass is 414 g/mol. The Labute approximate surface area is 172 Å². The number of sulfonamides is 1. The molecule has 2 aromatic rings. The highest BCUT2D eigenvalue weighted by atomic mass is 32.2. The molecule has 1 fully saturated rings. The van der Waals surface area contributed by atoms with Crippen LogP contribution in [0.25, 0.3) is 0 Å². The maximum absolute atomic E-state index is 13.0. The van der Waals surface area contributed by atoms with E-state index in [1.54, 1.807) is 11.0 Å². The van der Waals surface area contributed by atoms with E-state index >= 15 is 0 Å². The number of rotatable bonds is 6. The van der Waals surface area contributed by atoms with Crippen LogP contribution in [0.5, 0.6) is 0 Å². The van der Waals surface area contributed by atoms with E-state index in [0.717, 1.165) is 30.4 Å². The van der Waals surface area contributed by atoms with Crippen molar-refractivity contribution in [1.29, 1.82) is 0 Å². The van der Waals surface area contributed by atoms with Gasteiger partial charge in [-0.3, -0.25) is 4.79 Å². The molecule has 7 heteroatoms. The first-order valence-electron chi connectivity index (χ1n) is 10.1. The van der Waals surface area contributed by atoms with Crippen LogP contribution < -0.4 is 0 Å². The highest BCUT2D eigenvalue weighted by Gasteiger charge is 2.30. The first-order chi connectivity index (χ1) is 14.0. The van der Waals surface area contributed by atoms with E-state index in [0.29, 0.717) is 37.7 Å². The van der Waals surface area contributed by atoms with Crippen molar-refractivity contribution in [3.63, 3.8) is 0 Å². The van der Waals surface area contributed by atoms with Crippen LogP contribution in [0.1, 0.15) is 23.1 Å². The van der Waals surface area contributed by atoms with Crippen molar-refractivity contribution >= 4 is 15.9 Å². The van der Waals surface area contributed by atoms with Crippen molar-refractivity contribution in [3.8, 4) is 0 Å². The van der Waals surface area contributed by atoms with E-state index in [2.05, 4.69) is 0 Å². The third-order valence-electron chi connectivity index (χ3n) is 5.64. The van der Waals surface area contributed by atoms with Crippen molar-refractivity contribution in [2.75, 3.05) is 32.8 Å². The fourth-order valence-corrected chi connectivity index (χ4v) is 5.43. The first kappa shape index (κ1) is 20.1. The third-order valence-corrected chi connectivity index (χ3v) is 7.53. The van der Waals surface area contributed by atoms with Gasteiger partial charge in [-0.2, -0.15) is 4.31 Å². The van der Waals surface area contributed by atoms with Gasteiger partial charge in [0.05, 0.1) is 11.5 Å². The number of ether oxygens (including phenoxy) is 1. The van der Waals surface area contributed by atoms with Gasteiger partial charge in [-0.1, -0.05) is 36.4 Å². The predicted octanol–water partition coefficient (Wildman–Crippen LogP) is 2.23. The van der Waals surface area contributed by atoms with Gasteiger partial charge in [-0.25, -0.2) is 8.42 Å². The molecule has 29 heavy (non-hydrogen) atoms. The Balaban J connectivity index is 1.30. The molecule has 6 nitrogen and oxygen atoms in total. The molecule has 0 aromatic heterocycles. The van der Waals surface area contributed by atoms with Gasteiger partial charge in [-0.15, -0.1) is 0 Å². The van der Waals surface area contributed by atoms with Crippen LogP contribution in [-0.2, 0) is 39.0 Å². The van der Waals surface area contributed by atoms with Gasteiger partial charge in [0.2, 0.25) is 15.9 Å². The van der Waals surface area contributed by atoms with Gasteiger partial charge in [0, 0.05) is 26.2 Å². The Kier molecular flexibility index (Phi) is 5.99. The number of hydrogen-bond acceptors (Lipinski definition) is 4. The summed E-state index contributed by atoms with van der Waals surface area (Å²) in [6.07, 6.45) is 3.07. The summed E-state index contributed by atoms with van der Waals surface area (Å²) >= 11 is 0. The van der Waals surface area contributed by atoms with Crippen LogP contribution in [0.15, 0.2) is 53.4 Å². The number of amides is 1. The van der Waals surface area contributed by atoms with Crippen LogP contribution >= 0.6 is 0 Å². The minimum Gasteiger partial charge on any atom is -0.367 e. The zero-order valence-corrected chi connectivity index (χ0v) is 17.2. The second kappa shape index (κ2) is 8.65. The van der Waals surface area contributed by atoms with Crippen LogP contribution in [0.4, 0.5) is 0 Å². The van der Waals surface area contributed by atoms with Crippen molar-refractivity contribution in [2.45, 2.75) is 30.8 Å². The van der Waals surface area contributed by atoms with Gasteiger partial charge < -0.3 is 9.64 Å². The second-order valence-electron chi connectivity index (χ2n) is 7.55. The van der Waals surface area contributed by atoms with Gasteiger partial charge in [0.15, 0.2) is 0 Å². The van der Waals surface area contributed by atoms with Gasteiger partial charge in [0.1, 0.15) is 6.61 Å². The van der Waals surface area contributed by atoms with Crippen LogP contribution in [-0.4, -0.2) is 56.3 Å². The van der Waals surface area contributed by atoms with Gasteiger partial charge in [-0.05, 0) is 48.1 Å². The summed E-state index contributed by atoms with van der Waals surface area (Å²) in [5, 5.41) is 0. The molecule has 0 N–H and O–H groups in total. The van der Waals surface area contributed by atoms with E-state index in [4.69, 9.17) is 4.74 Å². The standard InChI is InChI=1S/C22H26N2O4S/c25-22(17-28-16-18-5-2-1-3-6-18)23-11-13-24(14-12-23)29(26,27)21-10-9-19-7-4-8-20(19)15-21/h1-3,5-6,9-10,15H,4,7-8,11-14,16-17H2. The Bertz CT molecular complexity index is 968. The molecule has 1 saturated heterocycles. The number of aryl methyl sites for hydroxylation is 2. The number of hydrogen-bond donors (Lipinski definition) is 0. The highest BCUT2D eigenvalue weighted by molar-refractivity contribution is 7.89. The third kappa shape index (κ3) is 4.52. The lowest BCUT2D eigenvalue weighted by molar-refractivity contribution is -0.137. The van der Waals surface area contributed by atoms with Gasteiger partial charge >= 0.3 is 0 Å². The maximum atomic E-state index is 13.0. The molecule has 0 unspecified atom stereocenters. The molecule has 0 bridgehead atoms. The Morgan fingerprint density at radius 3 is 2.41 bits per heavy atom. The molecule has 0 spiro atoms. The van der Waals surface area contributed by atoms with Crippen LogP contribution in [0, 0.1) is 0 Å². The number of piperazine rings is 1. The molecule has 1 aliphatic carbocycles. The average molecular weight is 415 g/mol. The summed E-state index contributed by atoms with van der Waals surface area (Å²) in [5.41, 5.74) is 3.43. The molecule has 0 radical (unpaired) electrons. The smallest absolute Gasteiger partial charge is 0.248 e. The molecule has 2 aliphatic rings. The lowest BCUT2D eigenvalue weighted by Gasteiger charge is -2.34. The lowest BCUT2D eigenvalue weighted by atomic mass is 10.1. The summed E-state index contributed by atoms with van der Waals surface area (Å²) in [5.74, 6) is -0.101. The molecular formula is C22H26N2O4S. The highest BCUT2D eigenvalue weighted by Crippen LogP contribution is 2.26. The van der Waals surface area contributed by atoms with Crippen molar-refractivity contribution < 1.29 is 17.9 Å². The van der Waals surface area contributed by atoms with Crippen molar-refractivity contribution in [2.24, 2.45) is 0 Å². The molecule has 0 atom stereocenters. The zero-order chi connectivity index (χ0) is 20.3. The van der Waals surface area contributed by atoms with E-state index in [1.165, 1.54) is 9.87 Å². The SMILES string of the molecule is O=C(COCc1ccccc1)N1CCN(S(=O)(=O)c2ccc3c(c2)CCC3)CC1. The lowest BCUT2D eigenvalue weighted by Crippen LogP contribution is -2.51. The summed E-state index contributed by atoms with van der Waals surface area (Å²) < 4.78 is 33.0. The van der Waals surface area contributed by atoms with Crippen LogP contribution in [0.2, 0.25) is 0 Å². The summed E-state index contributed by atoms with van der Waals surface area (Å²) in [4.78, 5) is 14.4. The summed E-state index contributed by atoms with van der Waals surface area (Å²) in [6, 6.07) is 15.2. The first-order valence-corrected chi connectivity index (χ1v) is 11.5. The maximum Gasteiger partial charge on any atom is 0.248 e. The second-order valence-corrected chi connectivity index (χ2v) is 9.49. The minimum atomic E-state index is -3.52. The summed E-state index contributed by atoms with van der Waals surface area (Å²) in [6.45, 7) is 1.79. The fourth-order valence-electron chi connectivity index (χ4n) is 3.96. The van der Waals surface area contributed by atoms with E-state index in [1.807, 2.05) is 42.5 Å². The molecule has 1 amide bonds. The number of benzene rings is 2. The van der Waals surface area contributed by atoms with Crippen molar-refractivity contribution in [3.05, 3.63) is 65.2 Å². The normalized spacial score (nSPS) is 17.3. The number of carbonyl (C=O) groups excluding carboxylic acids is 1. The average Bonchev–Trinajstić information content (AvgIpc) is 3.22. The molecule has 0 saturated carbocycles. The quantitative estimate of drug-likeness (QED) is 0.727. The van der Waals surface area contributed by atoms with E-state index in [-0.39, 0.29) is 12.5 Å². The Hall–Kier alpha value is -2.22. The Morgan fingerprint density at radius 1 is 0.931 bits per heavy atom. The number of nitrogens with zero attached hydrogens (tertiary/aromatic N) is 2. The topological polar surface area (TPSA) is 66.9 Å². The van der Waals surface area contributed by atoms with Crippen LogP contribution in [0.3, 0.4) is 0 Å².